The average Bonchev–Trinajstić information content (AvgIpc) is 2.56. The third-order valence-electron chi connectivity index (χ3n) is 3.32. The van der Waals surface area contributed by atoms with Crippen LogP contribution < -0.4 is 5.32 Å². The molecule has 2 aromatic heterocycles. The maximum atomic E-state index is 4.71. The molecule has 0 spiro atoms. The number of hydrogen-bond donors (Lipinski definition) is 1. The van der Waals surface area contributed by atoms with E-state index in [0.29, 0.717) is 5.82 Å². The summed E-state index contributed by atoms with van der Waals surface area (Å²) >= 11 is 0. The normalized spacial score (nSPS) is 10.4. The van der Waals surface area contributed by atoms with Gasteiger partial charge in [0.2, 0.25) is 0 Å². The molecule has 1 N–H and O–H groups in total. The van der Waals surface area contributed by atoms with Crippen molar-refractivity contribution in [1.82, 2.24) is 15.0 Å². The van der Waals surface area contributed by atoms with E-state index in [0.717, 1.165) is 28.3 Å². The highest BCUT2D eigenvalue weighted by atomic mass is 15.0. The molecule has 0 aliphatic carbocycles. The van der Waals surface area contributed by atoms with Crippen LogP contribution in [0.5, 0.6) is 0 Å². The van der Waals surface area contributed by atoms with Crippen LogP contribution in [0.2, 0.25) is 0 Å². The predicted octanol–water partition coefficient (Wildman–Crippen LogP) is 3.56. The van der Waals surface area contributed by atoms with Crippen LogP contribution in [0.1, 0.15) is 5.56 Å². The second kappa shape index (κ2) is 5.71. The monoisotopic (exact) mass is 276 g/mol. The first-order chi connectivity index (χ1) is 10.3. The second-order valence-electron chi connectivity index (χ2n) is 4.70. The SMILES string of the molecule is CNc1nc(-c2ccccn2)nc(-c2ccccc2)c1C. The molecule has 0 bridgehead atoms. The largest absolute Gasteiger partial charge is 0.373 e. The zero-order valence-electron chi connectivity index (χ0n) is 12.0. The Labute approximate surface area is 123 Å². The maximum Gasteiger partial charge on any atom is 0.180 e. The predicted molar refractivity (Wildman–Crippen MR) is 85.0 cm³/mol. The topological polar surface area (TPSA) is 50.7 Å². The summed E-state index contributed by atoms with van der Waals surface area (Å²) in [6, 6.07) is 15.9. The van der Waals surface area contributed by atoms with Gasteiger partial charge in [-0.05, 0) is 19.1 Å². The number of aromatic nitrogens is 3. The summed E-state index contributed by atoms with van der Waals surface area (Å²) < 4.78 is 0. The fourth-order valence-electron chi connectivity index (χ4n) is 2.25. The van der Waals surface area contributed by atoms with Gasteiger partial charge in [0, 0.05) is 24.4 Å². The first-order valence-electron chi connectivity index (χ1n) is 6.83. The number of nitrogens with one attached hydrogen (secondary N) is 1. The summed E-state index contributed by atoms with van der Waals surface area (Å²) in [7, 11) is 1.87. The Morgan fingerprint density at radius 1 is 0.905 bits per heavy atom. The van der Waals surface area contributed by atoms with Gasteiger partial charge in [-0.25, -0.2) is 9.97 Å². The van der Waals surface area contributed by atoms with E-state index in [1.165, 1.54) is 0 Å². The van der Waals surface area contributed by atoms with Crippen LogP contribution in [-0.4, -0.2) is 22.0 Å². The molecule has 4 heteroatoms. The van der Waals surface area contributed by atoms with E-state index in [1.807, 2.05) is 50.4 Å². The number of nitrogens with zero attached hydrogens (tertiary/aromatic N) is 3. The van der Waals surface area contributed by atoms with Crippen LogP contribution >= 0.6 is 0 Å². The lowest BCUT2D eigenvalue weighted by molar-refractivity contribution is 1.11. The van der Waals surface area contributed by atoms with E-state index >= 15 is 0 Å². The lowest BCUT2D eigenvalue weighted by Gasteiger charge is -2.12. The molecule has 104 valence electrons. The van der Waals surface area contributed by atoms with Crippen molar-refractivity contribution in [1.29, 1.82) is 0 Å². The Morgan fingerprint density at radius 3 is 2.33 bits per heavy atom. The van der Waals surface area contributed by atoms with Crippen molar-refractivity contribution in [3.8, 4) is 22.8 Å². The van der Waals surface area contributed by atoms with Gasteiger partial charge in [0.05, 0.1) is 5.69 Å². The van der Waals surface area contributed by atoms with Crippen LogP contribution in [0.3, 0.4) is 0 Å². The summed E-state index contributed by atoms with van der Waals surface area (Å²) in [5.74, 6) is 1.45. The van der Waals surface area contributed by atoms with E-state index in [2.05, 4.69) is 27.4 Å². The summed E-state index contributed by atoms with van der Waals surface area (Å²) in [6.45, 7) is 2.02. The van der Waals surface area contributed by atoms with E-state index < -0.39 is 0 Å². The van der Waals surface area contributed by atoms with Gasteiger partial charge in [0.15, 0.2) is 5.82 Å². The van der Waals surface area contributed by atoms with Crippen LogP contribution in [-0.2, 0) is 0 Å². The summed E-state index contributed by atoms with van der Waals surface area (Å²) in [6.07, 6.45) is 1.75. The molecular weight excluding hydrogens is 260 g/mol. The van der Waals surface area contributed by atoms with Crippen molar-refractivity contribution in [2.45, 2.75) is 6.92 Å². The second-order valence-corrected chi connectivity index (χ2v) is 4.70. The van der Waals surface area contributed by atoms with Crippen molar-refractivity contribution < 1.29 is 0 Å². The minimum atomic E-state index is 0.629. The first-order valence-corrected chi connectivity index (χ1v) is 6.83. The Hall–Kier alpha value is -2.75. The fourth-order valence-corrected chi connectivity index (χ4v) is 2.25. The third-order valence-corrected chi connectivity index (χ3v) is 3.32. The van der Waals surface area contributed by atoms with Crippen LogP contribution in [0, 0.1) is 6.92 Å². The molecule has 21 heavy (non-hydrogen) atoms. The maximum absolute atomic E-state index is 4.71. The molecule has 0 fully saturated rings. The molecule has 3 rings (SSSR count). The molecule has 0 aliphatic heterocycles. The molecule has 0 amide bonds. The highest BCUT2D eigenvalue weighted by molar-refractivity contribution is 5.71. The zero-order valence-corrected chi connectivity index (χ0v) is 12.0. The van der Waals surface area contributed by atoms with E-state index in [4.69, 9.17) is 4.98 Å². The summed E-state index contributed by atoms with van der Waals surface area (Å²) in [4.78, 5) is 13.6. The van der Waals surface area contributed by atoms with Crippen LogP contribution in [0.25, 0.3) is 22.8 Å². The number of anilines is 1. The average molecular weight is 276 g/mol. The Kier molecular flexibility index (Phi) is 3.60. The lowest BCUT2D eigenvalue weighted by Crippen LogP contribution is -2.03. The van der Waals surface area contributed by atoms with Gasteiger partial charge in [-0.3, -0.25) is 4.98 Å². The van der Waals surface area contributed by atoms with E-state index in [-0.39, 0.29) is 0 Å². The highest BCUT2D eigenvalue weighted by Gasteiger charge is 2.13. The van der Waals surface area contributed by atoms with Crippen molar-refractivity contribution in [2.75, 3.05) is 12.4 Å². The number of benzene rings is 1. The van der Waals surface area contributed by atoms with Gasteiger partial charge in [0.25, 0.3) is 0 Å². The van der Waals surface area contributed by atoms with Crippen LogP contribution in [0.4, 0.5) is 5.82 Å². The first kappa shape index (κ1) is 13.2. The van der Waals surface area contributed by atoms with Gasteiger partial charge in [-0.15, -0.1) is 0 Å². The molecule has 0 atom stereocenters. The van der Waals surface area contributed by atoms with Gasteiger partial charge in [-0.1, -0.05) is 36.4 Å². The number of rotatable bonds is 3. The summed E-state index contributed by atoms with van der Waals surface area (Å²) in [5.41, 5.74) is 3.80. The van der Waals surface area contributed by atoms with Crippen molar-refractivity contribution in [2.24, 2.45) is 0 Å². The standard InChI is InChI=1S/C17H16N4/c1-12-15(13-8-4-3-5-9-13)20-17(21-16(12)18-2)14-10-6-7-11-19-14/h3-11H,1-2H3,(H,18,20,21). The van der Waals surface area contributed by atoms with Gasteiger partial charge < -0.3 is 5.32 Å². The fraction of sp³-hybridized carbons (Fsp3) is 0.118. The van der Waals surface area contributed by atoms with E-state index in [1.54, 1.807) is 6.20 Å². The Bertz CT molecular complexity index is 739. The minimum absolute atomic E-state index is 0.629. The zero-order chi connectivity index (χ0) is 14.7. The molecule has 1 aromatic carbocycles. The molecule has 0 saturated carbocycles. The summed E-state index contributed by atoms with van der Waals surface area (Å²) in [5, 5.41) is 3.14. The van der Waals surface area contributed by atoms with E-state index in [9.17, 15) is 0 Å². The highest BCUT2D eigenvalue weighted by Crippen LogP contribution is 2.27. The lowest BCUT2D eigenvalue weighted by atomic mass is 10.1. The molecule has 0 aliphatic rings. The van der Waals surface area contributed by atoms with Crippen molar-refractivity contribution in [3.05, 3.63) is 60.3 Å². The molecule has 0 unspecified atom stereocenters. The number of hydrogen-bond acceptors (Lipinski definition) is 4. The van der Waals surface area contributed by atoms with Gasteiger partial charge in [0.1, 0.15) is 11.5 Å². The Balaban J connectivity index is 2.21. The van der Waals surface area contributed by atoms with Gasteiger partial charge in [-0.2, -0.15) is 0 Å². The smallest absolute Gasteiger partial charge is 0.180 e. The quantitative estimate of drug-likeness (QED) is 0.794. The van der Waals surface area contributed by atoms with Crippen molar-refractivity contribution in [3.63, 3.8) is 0 Å². The minimum Gasteiger partial charge on any atom is -0.373 e. The molecule has 2 heterocycles. The third kappa shape index (κ3) is 2.60. The molecule has 0 saturated heterocycles. The van der Waals surface area contributed by atoms with Crippen molar-refractivity contribution >= 4 is 5.82 Å². The molecule has 4 nitrogen and oxygen atoms in total. The molecular formula is C17H16N4. The van der Waals surface area contributed by atoms with Gasteiger partial charge >= 0.3 is 0 Å². The molecule has 3 aromatic rings. The van der Waals surface area contributed by atoms with Crippen LogP contribution in [0.15, 0.2) is 54.7 Å². The Morgan fingerprint density at radius 2 is 1.67 bits per heavy atom. The number of pyridine rings is 1. The molecule has 0 radical (unpaired) electrons.